The van der Waals surface area contributed by atoms with Gasteiger partial charge in [0.05, 0.1) is 25.0 Å². The second kappa shape index (κ2) is 8.20. The Morgan fingerprint density at radius 3 is 2.72 bits per heavy atom. The van der Waals surface area contributed by atoms with Crippen LogP contribution in [-0.2, 0) is 0 Å². The van der Waals surface area contributed by atoms with Crippen molar-refractivity contribution in [3.8, 4) is 11.5 Å². The van der Waals surface area contributed by atoms with E-state index < -0.39 is 6.10 Å². The summed E-state index contributed by atoms with van der Waals surface area (Å²) >= 11 is 6.03. The van der Waals surface area contributed by atoms with Crippen LogP contribution in [0.5, 0.6) is 11.5 Å². The summed E-state index contributed by atoms with van der Waals surface area (Å²) in [5.41, 5.74) is 1.31. The van der Waals surface area contributed by atoms with Gasteiger partial charge in [0.2, 0.25) is 0 Å². The normalized spacial score (nSPS) is 26.1. The van der Waals surface area contributed by atoms with Gasteiger partial charge in [0.25, 0.3) is 5.91 Å². The molecule has 0 bridgehead atoms. The molecular weight excluding hydrogens is 392 g/mol. The van der Waals surface area contributed by atoms with Crippen LogP contribution in [0.3, 0.4) is 0 Å². The quantitative estimate of drug-likeness (QED) is 0.827. The number of aryl methyl sites for hydroxylation is 1. The molecule has 1 aliphatic carbocycles. The minimum absolute atomic E-state index is 0.0523. The van der Waals surface area contributed by atoms with Gasteiger partial charge in [0.15, 0.2) is 0 Å². The van der Waals surface area contributed by atoms with E-state index in [1.807, 2.05) is 24.0 Å². The fourth-order valence-corrected chi connectivity index (χ4v) is 4.63. The predicted molar refractivity (Wildman–Crippen MR) is 110 cm³/mol. The fraction of sp³-hybridized carbons (Fsp3) is 0.455. The number of hydrogen-bond acceptors (Lipinski definition) is 5. The average Bonchev–Trinajstić information content (AvgIpc) is 3.10. The number of nitrogens with zero attached hydrogens (tertiary/aromatic N) is 2. The summed E-state index contributed by atoms with van der Waals surface area (Å²) in [7, 11) is 1.54. The van der Waals surface area contributed by atoms with Crippen molar-refractivity contribution in [3.63, 3.8) is 0 Å². The molecular formula is C22H25ClN2O4. The van der Waals surface area contributed by atoms with Crippen LogP contribution in [0.15, 0.2) is 36.5 Å². The number of aliphatic hydroxyl groups is 1. The second-order valence-corrected chi connectivity index (χ2v) is 8.35. The van der Waals surface area contributed by atoms with Crippen LogP contribution in [0.25, 0.3) is 0 Å². The number of carbonyl (C=O) groups excluding carboxylic acids is 1. The summed E-state index contributed by atoms with van der Waals surface area (Å²) in [6.45, 7) is 3.14. The van der Waals surface area contributed by atoms with Gasteiger partial charge in [0.1, 0.15) is 17.6 Å². The molecule has 2 fully saturated rings. The van der Waals surface area contributed by atoms with Gasteiger partial charge in [-0.25, -0.2) is 0 Å². The maximum Gasteiger partial charge on any atom is 0.257 e. The third-order valence-electron chi connectivity index (χ3n) is 5.91. The van der Waals surface area contributed by atoms with Crippen molar-refractivity contribution in [1.82, 2.24) is 9.88 Å². The predicted octanol–water partition coefficient (Wildman–Crippen LogP) is 3.34. The number of ether oxygens (including phenoxy) is 2. The number of benzene rings is 1. The van der Waals surface area contributed by atoms with Crippen molar-refractivity contribution in [2.24, 2.45) is 11.8 Å². The van der Waals surface area contributed by atoms with Gasteiger partial charge >= 0.3 is 0 Å². The summed E-state index contributed by atoms with van der Waals surface area (Å²) in [5, 5.41) is 11.2. The van der Waals surface area contributed by atoms with Gasteiger partial charge < -0.3 is 19.5 Å². The van der Waals surface area contributed by atoms with Gasteiger partial charge in [-0.15, -0.1) is 0 Å². The third kappa shape index (κ3) is 4.19. The van der Waals surface area contributed by atoms with E-state index in [4.69, 9.17) is 21.1 Å². The molecule has 0 radical (unpaired) electrons. The molecule has 2 heterocycles. The zero-order chi connectivity index (χ0) is 20.5. The number of halogens is 1. The van der Waals surface area contributed by atoms with E-state index in [1.165, 1.54) is 0 Å². The Labute approximate surface area is 175 Å². The molecule has 2 aromatic rings. The Bertz CT molecular complexity index is 906. The van der Waals surface area contributed by atoms with Crippen molar-refractivity contribution in [2.45, 2.75) is 32.0 Å². The molecule has 1 aromatic heterocycles. The molecule has 1 saturated heterocycles. The molecule has 0 spiro atoms. The molecule has 4 atom stereocenters. The van der Waals surface area contributed by atoms with E-state index in [0.717, 1.165) is 5.69 Å². The number of aromatic nitrogens is 1. The largest absolute Gasteiger partial charge is 0.494 e. The Kier molecular flexibility index (Phi) is 5.65. The SMILES string of the molecule is COc1cnc(C)cc1C(=O)N1C[C@H]2C[C@@H](Oc3cccc(Cl)c3)[C@H](O)C[C@H]2C1. The first kappa shape index (κ1) is 20.0. The van der Waals surface area contributed by atoms with Crippen LogP contribution in [0, 0.1) is 18.8 Å². The fourth-order valence-electron chi connectivity index (χ4n) is 4.45. The Balaban J connectivity index is 1.46. The lowest BCUT2D eigenvalue weighted by molar-refractivity contribution is -0.0231. The molecule has 6 nitrogen and oxygen atoms in total. The van der Waals surface area contributed by atoms with Crippen molar-refractivity contribution < 1.29 is 19.4 Å². The zero-order valence-corrected chi connectivity index (χ0v) is 17.3. The van der Waals surface area contributed by atoms with E-state index in [-0.39, 0.29) is 17.9 Å². The molecule has 7 heteroatoms. The number of rotatable bonds is 4. The van der Waals surface area contributed by atoms with Gasteiger partial charge in [-0.2, -0.15) is 0 Å². The van der Waals surface area contributed by atoms with Crippen molar-refractivity contribution in [2.75, 3.05) is 20.2 Å². The highest BCUT2D eigenvalue weighted by molar-refractivity contribution is 6.30. The number of likely N-dealkylation sites (tertiary alicyclic amines) is 1. The third-order valence-corrected chi connectivity index (χ3v) is 6.15. The molecule has 1 amide bonds. The Morgan fingerprint density at radius 1 is 1.24 bits per heavy atom. The highest BCUT2D eigenvalue weighted by atomic mass is 35.5. The maximum absolute atomic E-state index is 13.1. The number of carbonyl (C=O) groups is 1. The summed E-state index contributed by atoms with van der Waals surface area (Å²) in [4.78, 5) is 19.2. The lowest BCUT2D eigenvalue weighted by Gasteiger charge is -2.35. The first-order valence-corrected chi connectivity index (χ1v) is 10.2. The lowest BCUT2D eigenvalue weighted by Crippen LogP contribution is -2.42. The number of amides is 1. The molecule has 0 unspecified atom stereocenters. The summed E-state index contributed by atoms with van der Waals surface area (Å²) in [5.74, 6) is 1.65. The molecule has 2 aliphatic rings. The smallest absolute Gasteiger partial charge is 0.257 e. The maximum atomic E-state index is 13.1. The highest BCUT2D eigenvalue weighted by Gasteiger charge is 2.44. The molecule has 29 heavy (non-hydrogen) atoms. The van der Waals surface area contributed by atoms with Gasteiger partial charge in [-0.05, 0) is 55.9 Å². The zero-order valence-electron chi connectivity index (χ0n) is 16.5. The van der Waals surface area contributed by atoms with Gasteiger partial charge in [-0.3, -0.25) is 9.78 Å². The number of pyridine rings is 1. The van der Waals surface area contributed by atoms with Crippen LogP contribution in [-0.4, -0.2) is 53.3 Å². The number of aliphatic hydroxyl groups excluding tert-OH is 1. The molecule has 1 aliphatic heterocycles. The number of methoxy groups -OCH3 is 1. The molecule has 1 saturated carbocycles. The number of fused-ring (bicyclic) bond motifs is 1. The van der Waals surface area contributed by atoms with Crippen molar-refractivity contribution >= 4 is 17.5 Å². The summed E-state index contributed by atoms with van der Waals surface area (Å²) in [6.07, 6.45) is 2.04. The molecule has 1 aromatic carbocycles. The Hall–Kier alpha value is -2.31. The highest BCUT2D eigenvalue weighted by Crippen LogP contribution is 2.39. The first-order chi connectivity index (χ1) is 13.9. The van der Waals surface area contributed by atoms with Crippen LogP contribution >= 0.6 is 11.6 Å². The van der Waals surface area contributed by atoms with Crippen LogP contribution < -0.4 is 9.47 Å². The summed E-state index contributed by atoms with van der Waals surface area (Å²) < 4.78 is 11.4. The first-order valence-electron chi connectivity index (χ1n) is 9.84. The standard InChI is InChI=1S/C22H25ClN2O4/c1-13-6-18(21(28-2)10-24-13)22(27)25-11-14-7-19(26)20(8-15(14)12-25)29-17-5-3-4-16(23)9-17/h3-6,9-10,14-15,19-20,26H,7-8,11-12H2,1-2H3/t14-,15+,19+,20+/m0/s1. The van der Waals surface area contributed by atoms with E-state index in [1.54, 1.807) is 31.5 Å². The van der Waals surface area contributed by atoms with E-state index in [0.29, 0.717) is 53.9 Å². The lowest BCUT2D eigenvalue weighted by atomic mass is 9.78. The average molecular weight is 417 g/mol. The van der Waals surface area contributed by atoms with E-state index in [9.17, 15) is 9.90 Å². The molecule has 154 valence electrons. The second-order valence-electron chi connectivity index (χ2n) is 7.91. The molecule has 4 rings (SSSR count). The monoisotopic (exact) mass is 416 g/mol. The summed E-state index contributed by atoms with van der Waals surface area (Å²) in [6, 6.07) is 8.98. The van der Waals surface area contributed by atoms with Crippen molar-refractivity contribution in [1.29, 1.82) is 0 Å². The topological polar surface area (TPSA) is 71.9 Å². The minimum Gasteiger partial charge on any atom is -0.494 e. The van der Waals surface area contributed by atoms with E-state index in [2.05, 4.69) is 4.98 Å². The minimum atomic E-state index is -0.567. The van der Waals surface area contributed by atoms with Crippen LogP contribution in [0.4, 0.5) is 0 Å². The van der Waals surface area contributed by atoms with Gasteiger partial charge in [0, 0.05) is 23.8 Å². The number of hydrogen-bond donors (Lipinski definition) is 1. The van der Waals surface area contributed by atoms with Crippen molar-refractivity contribution in [3.05, 3.63) is 52.8 Å². The van der Waals surface area contributed by atoms with Crippen LogP contribution in [0.2, 0.25) is 5.02 Å². The Morgan fingerprint density at radius 2 is 2.00 bits per heavy atom. The van der Waals surface area contributed by atoms with Crippen LogP contribution in [0.1, 0.15) is 28.9 Å². The molecule has 1 N–H and O–H groups in total. The van der Waals surface area contributed by atoms with E-state index >= 15 is 0 Å². The van der Waals surface area contributed by atoms with Gasteiger partial charge in [-0.1, -0.05) is 17.7 Å².